The Kier molecular flexibility index (Phi) is 4.98. The first-order valence-corrected chi connectivity index (χ1v) is 4.80. The van der Waals surface area contributed by atoms with Gasteiger partial charge in [0.1, 0.15) is 0 Å². The van der Waals surface area contributed by atoms with Gasteiger partial charge in [-0.15, -0.1) is 0 Å². The van der Waals surface area contributed by atoms with Crippen LogP contribution < -0.4 is 0 Å². The van der Waals surface area contributed by atoms with Gasteiger partial charge in [0, 0.05) is 6.42 Å². The van der Waals surface area contributed by atoms with E-state index in [1.165, 1.54) is 0 Å². The first-order chi connectivity index (χ1) is 7.81. The van der Waals surface area contributed by atoms with E-state index >= 15 is 0 Å². The van der Waals surface area contributed by atoms with Gasteiger partial charge >= 0.3 is 23.9 Å². The molecule has 0 atom stereocenters. The molecule has 0 aromatic heterocycles. The van der Waals surface area contributed by atoms with Gasteiger partial charge < -0.3 is 0 Å². The van der Waals surface area contributed by atoms with Crippen LogP contribution in [0.3, 0.4) is 0 Å². The number of hydrogen-bond acceptors (Lipinski definition) is 0. The topological polar surface area (TPSA) is 0 Å². The lowest BCUT2D eigenvalue weighted by molar-refractivity contribution is -0.396. The van der Waals surface area contributed by atoms with Gasteiger partial charge in [0.15, 0.2) is 0 Å². The summed E-state index contributed by atoms with van der Waals surface area (Å²) in [6.07, 6.45) is -9.13. The predicted octanol–water partition coefficient (Wildman–Crippen LogP) is 4.85. The zero-order valence-corrected chi connectivity index (χ0v) is 8.94. The van der Waals surface area contributed by atoms with Gasteiger partial charge in [-0.05, 0) is 6.42 Å². The third-order valence-corrected chi connectivity index (χ3v) is 2.20. The Labute approximate surface area is 97.1 Å². The number of rotatable bonds is 6. The molecule has 0 nitrogen and oxygen atoms in total. The molecule has 0 aromatic rings. The molecule has 0 bridgehead atoms. The maximum atomic E-state index is 12.8. The van der Waals surface area contributed by atoms with Crippen LogP contribution in [-0.2, 0) is 0 Å². The highest BCUT2D eigenvalue weighted by atomic mass is 19.4. The Morgan fingerprint density at radius 1 is 0.667 bits per heavy atom. The molecule has 0 aliphatic carbocycles. The number of unbranched alkanes of at least 4 members (excludes halogenated alkanes) is 2. The van der Waals surface area contributed by atoms with Crippen molar-refractivity contribution in [2.45, 2.75) is 49.6 Å². The van der Waals surface area contributed by atoms with Crippen molar-refractivity contribution in [3.63, 3.8) is 0 Å². The molecule has 0 unspecified atom stereocenters. The van der Waals surface area contributed by atoms with Gasteiger partial charge in [-0.3, -0.25) is 0 Å². The van der Waals surface area contributed by atoms with Gasteiger partial charge in [-0.2, -0.15) is 39.5 Å². The first kappa shape index (κ1) is 17.4. The van der Waals surface area contributed by atoms with Crippen LogP contribution in [0.5, 0.6) is 0 Å². The Bertz CT molecular complexity index is 266. The van der Waals surface area contributed by atoms with E-state index in [0.717, 1.165) is 0 Å². The third-order valence-electron chi connectivity index (χ3n) is 2.20. The van der Waals surface area contributed by atoms with Crippen molar-refractivity contribution >= 4 is 0 Å². The maximum Gasteiger partial charge on any atom is 0.460 e. The van der Waals surface area contributed by atoms with Crippen LogP contribution in [-0.4, -0.2) is 23.9 Å². The van der Waals surface area contributed by atoms with Gasteiger partial charge in [0.05, 0.1) is 0 Å². The third kappa shape index (κ3) is 3.03. The van der Waals surface area contributed by atoms with E-state index in [1.807, 2.05) is 0 Å². The summed E-state index contributed by atoms with van der Waals surface area (Å²) in [6.45, 7) is 3.19. The molecule has 0 saturated heterocycles. The highest BCUT2D eigenvalue weighted by Gasteiger charge is 2.81. The molecule has 9 heteroatoms. The summed E-state index contributed by atoms with van der Waals surface area (Å²) in [5, 5.41) is 0. The van der Waals surface area contributed by atoms with Crippen molar-refractivity contribution in [2.24, 2.45) is 0 Å². The zero-order chi connectivity index (χ0) is 14.8. The molecule has 0 rings (SSSR count). The summed E-state index contributed by atoms with van der Waals surface area (Å²) in [5.41, 5.74) is 0. The van der Waals surface area contributed by atoms with Crippen molar-refractivity contribution in [1.29, 1.82) is 0 Å². The maximum absolute atomic E-state index is 12.8. The Balaban J connectivity index is 5.11. The Hall–Kier alpha value is -0.630. The minimum absolute atomic E-state index is 0.0801. The molecule has 0 aliphatic heterocycles. The highest BCUT2D eigenvalue weighted by Crippen LogP contribution is 2.54. The lowest BCUT2D eigenvalue weighted by Gasteiger charge is -2.33. The first-order valence-electron chi connectivity index (χ1n) is 4.80. The summed E-state index contributed by atoms with van der Waals surface area (Å²) in [6, 6.07) is 0. The Morgan fingerprint density at radius 3 is 1.44 bits per heavy atom. The largest absolute Gasteiger partial charge is 0.460 e. The van der Waals surface area contributed by atoms with Crippen LogP contribution in [0.15, 0.2) is 0 Å². The predicted molar refractivity (Wildman–Crippen MR) is 44.7 cm³/mol. The fraction of sp³-hybridized carbons (Fsp3) is 0.889. The molecule has 0 spiro atoms. The summed E-state index contributed by atoms with van der Waals surface area (Å²) < 4.78 is 111. The van der Waals surface area contributed by atoms with E-state index in [2.05, 4.69) is 6.92 Å². The molecule has 18 heavy (non-hydrogen) atoms. The van der Waals surface area contributed by atoms with Gasteiger partial charge in [-0.1, -0.05) is 19.8 Å². The molecular formula is C9H10F9. The van der Waals surface area contributed by atoms with E-state index in [0.29, 0.717) is 0 Å². The average Bonchev–Trinajstić information content (AvgIpc) is 2.15. The summed E-state index contributed by atoms with van der Waals surface area (Å²) in [5.74, 6) is -18.7. The molecule has 0 aliphatic rings. The lowest BCUT2D eigenvalue weighted by atomic mass is 9.98. The van der Waals surface area contributed by atoms with Gasteiger partial charge in [0.2, 0.25) is 0 Å². The van der Waals surface area contributed by atoms with Crippen LogP contribution in [0.25, 0.3) is 0 Å². The molecular weight excluding hydrogens is 279 g/mol. The van der Waals surface area contributed by atoms with Crippen LogP contribution in [0.4, 0.5) is 39.5 Å². The average molecular weight is 289 g/mol. The van der Waals surface area contributed by atoms with E-state index in [4.69, 9.17) is 0 Å². The molecule has 0 amide bonds. The number of halogens is 9. The molecule has 0 N–H and O–H groups in total. The minimum atomic E-state index is -6.78. The summed E-state index contributed by atoms with van der Waals surface area (Å²) in [7, 11) is 0. The zero-order valence-electron chi connectivity index (χ0n) is 8.94. The van der Waals surface area contributed by atoms with Crippen LogP contribution in [0.2, 0.25) is 0 Å². The van der Waals surface area contributed by atoms with Gasteiger partial charge in [0.25, 0.3) is 0 Å². The standard InChI is InChI=1S/C9H10F9/c1-2-3-4-5-6(10,11)7(12,13)8(14,15)9(16,17)18/h1-5H2. The Morgan fingerprint density at radius 2 is 1.11 bits per heavy atom. The van der Waals surface area contributed by atoms with Gasteiger partial charge in [-0.25, -0.2) is 0 Å². The smallest absolute Gasteiger partial charge is 0.200 e. The molecule has 0 saturated carbocycles. The minimum Gasteiger partial charge on any atom is -0.200 e. The monoisotopic (exact) mass is 289 g/mol. The van der Waals surface area contributed by atoms with Crippen molar-refractivity contribution in [1.82, 2.24) is 0 Å². The van der Waals surface area contributed by atoms with Crippen LogP contribution in [0, 0.1) is 6.92 Å². The van der Waals surface area contributed by atoms with Crippen molar-refractivity contribution in [3.8, 4) is 0 Å². The quantitative estimate of drug-likeness (QED) is 0.484. The fourth-order valence-electron chi connectivity index (χ4n) is 1.09. The molecule has 109 valence electrons. The van der Waals surface area contributed by atoms with Crippen molar-refractivity contribution < 1.29 is 39.5 Å². The highest BCUT2D eigenvalue weighted by molar-refractivity contribution is 5.00. The van der Waals surface area contributed by atoms with Crippen molar-refractivity contribution in [2.75, 3.05) is 0 Å². The SMILES string of the molecule is [CH2]CCCCC(F)(F)C(F)(F)C(F)(F)C(F)(F)F. The van der Waals surface area contributed by atoms with Crippen molar-refractivity contribution in [3.05, 3.63) is 6.92 Å². The molecule has 0 heterocycles. The molecule has 0 aromatic carbocycles. The fourth-order valence-corrected chi connectivity index (χ4v) is 1.09. The summed E-state index contributed by atoms with van der Waals surface area (Å²) in [4.78, 5) is 0. The second kappa shape index (κ2) is 5.16. The normalized spacial score (nSPS) is 15.0. The second-order valence-electron chi connectivity index (χ2n) is 3.66. The number of hydrogen-bond donors (Lipinski definition) is 0. The summed E-state index contributed by atoms with van der Waals surface area (Å²) >= 11 is 0. The lowest BCUT2D eigenvalue weighted by Crippen LogP contribution is -2.60. The van der Waals surface area contributed by atoms with Crippen LogP contribution >= 0.6 is 0 Å². The number of alkyl halides is 9. The second-order valence-corrected chi connectivity index (χ2v) is 3.66. The van der Waals surface area contributed by atoms with E-state index in [9.17, 15) is 39.5 Å². The van der Waals surface area contributed by atoms with E-state index < -0.39 is 36.8 Å². The van der Waals surface area contributed by atoms with E-state index in [1.54, 1.807) is 0 Å². The molecule has 1 radical (unpaired) electrons. The van der Waals surface area contributed by atoms with Crippen LogP contribution in [0.1, 0.15) is 25.7 Å². The van der Waals surface area contributed by atoms with E-state index in [-0.39, 0.29) is 12.8 Å². The molecule has 0 fully saturated rings.